The second-order valence-electron chi connectivity index (χ2n) is 20.3. The largest absolute Gasteiger partial charge is 0.465 e. The second kappa shape index (κ2) is 30.8. The van der Waals surface area contributed by atoms with Gasteiger partial charge in [0.2, 0.25) is 0 Å². The average molecular weight is 790 g/mol. The zero-order chi connectivity index (χ0) is 40.9. The average Bonchev–Trinajstić information content (AvgIpc) is 3.11. The Morgan fingerprint density at radius 1 is 0.571 bits per heavy atom. The van der Waals surface area contributed by atoms with Crippen LogP contribution in [0.4, 0.5) is 0 Å². The van der Waals surface area contributed by atoms with E-state index in [1.54, 1.807) is 0 Å². The number of aliphatic hydroxyl groups is 1. The van der Waals surface area contributed by atoms with Crippen LogP contribution in [0.25, 0.3) is 0 Å². The van der Waals surface area contributed by atoms with E-state index in [-0.39, 0.29) is 41.2 Å². The Bertz CT molecular complexity index is 900. The number of unbranched alkanes of at least 4 members (excludes halogenated alkanes) is 13. The van der Waals surface area contributed by atoms with Crippen molar-refractivity contribution in [3.05, 3.63) is 0 Å². The maximum Gasteiger partial charge on any atom is 0.308 e. The number of ether oxygens (including phenoxy) is 2. The molecule has 0 spiro atoms. The third-order valence-corrected chi connectivity index (χ3v) is 13.3. The summed E-state index contributed by atoms with van der Waals surface area (Å²) >= 11 is 0. The Balaban J connectivity index is 1.73. The van der Waals surface area contributed by atoms with E-state index < -0.39 is 0 Å². The molecule has 0 aromatic heterocycles. The standard InChI is InChI=1S/C50H95NO5/c1-7-9-11-13-15-17-31-45(39-43-27-25-28-43)47(53)55-37-23-19-33-49(3,4)41-51(35-21-22-36-52)42-50(5,6)34-20-24-38-56-48(54)46(40-44-29-26-30-44)32-18-16-14-12-10-8-2/h43-46,52H,7-42H2,1-6H3. The molecule has 2 fully saturated rings. The van der Waals surface area contributed by atoms with Crippen LogP contribution in [0.5, 0.6) is 0 Å². The zero-order valence-electron chi connectivity index (χ0n) is 38.3. The van der Waals surface area contributed by atoms with Crippen LogP contribution in [-0.2, 0) is 19.1 Å². The highest BCUT2D eigenvalue weighted by atomic mass is 16.5. The smallest absolute Gasteiger partial charge is 0.308 e. The number of rotatable bonds is 38. The van der Waals surface area contributed by atoms with Crippen molar-refractivity contribution < 1.29 is 24.2 Å². The molecule has 330 valence electrons. The molecule has 2 saturated carbocycles. The molecular weight excluding hydrogens is 695 g/mol. The normalized spacial score (nSPS) is 16.4. The summed E-state index contributed by atoms with van der Waals surface area (Å²) in [6.45, 7) is 18.5. The van der Waals surface area contributed by atoms with E-state index in [1.165, 1.54) is 103 Å². The maximum absolute atomic E-state index is 13.2. The van der Waals surface area contributed by atoms with Gasteiger partial charge in [0.15, 0.2) is 0 Å². The van der Waals surface area contributed by atoms with E-state index in [4.69, 9.17) is 9.47 Å². The molecule has 0 bridgehead atoms. The summed E-state index contributed by atoms with van der Waals surface area (Å²) in [5.41, 5.74) is 0.313. The Hall–Kier alpha value is -1.14. The molecule has 0 heterocycles. The van der Waals surface area contributed by atoms with Gasteiger partial charge < -0.3 is 19.5 Å². The van der Waals surface area contributed by atoms with Gasteiger partial charge in [0.25, 0.3) is 0 Å². The summed E-state index contributed by atoms with van der Waals surface area (Å²) in [4.78, 5) is 29.0. The fourth-order valence-corrected chi connectivity index (χ4v) is 9.29. The SMILES string of the molecule is CCCCCCCCC(CC1CCC1)C(=O)OCCCCC(C)(C)CN(CCCCO)CC(C)(C)CCCCOC(=O)C(CCCCCCCC)CC1CCC1. The van der Waals surface area contributed by atoms with Crippen molar-refractivity contribution in [2.24, 2.45) is 34.5 Å². The number of nitrogens with zero attached hydrogens (tertiary/aromatic N) is 1. The molecule has 56 heavy (non-hydrogen) atoms. The Kier molecular flexibility index (Phi) is 28.1. The van der Waals surface area contributed by atoms with E-state index in [1.807, 2.05) is 0 Å². The zero-order valence-corrected chi connectivity index (χ0v) is 38.3. The first-order valence-corrected chi connectivity index (χ1v) is 24.6. The van der Waals surface area contributed by atoms with Gasteiger partial charge in [-0.05, 0) is 106 Å². The molecule has 6 heteroatoms. The van der Waals surface area contributed by atoms with Gasteiger partial charge in [-0.3, -0.25) is 9.59 Å². The molecule has 2 rings (SSSR count). The molecule has 1 N–H and O–H groups in total. The lowest BCUT2D eigenvalue weighted by atomic mass is 9.78. The van der Waals surface area contributed by atoms with E-state index in [0.717, 1.165) is 121 Å². The van der Waals surface area contributed by atoms with Gasteiger partial charge >= 0.3 is 11.9 Å². The minimum absolute atomic E-state index is 0.0665. The quantitative estimate of drug-likeness (QED) is 0.0496. The fraction of sp³-hybridized carbons (Fsp3) is 0.960. The molecule has 2 aliphatic rings. The van der Waals surface area contributed by atoms with Gasteiger partial charge in [0, 0.05) is 19.7 Å². The molecule has 0 amide bonds. The number of carbonyl (C=O) groups excluding carboxylic acids is 2. The molecule has 0 saturated heterocycles. The van der Waals surface area contributed by atoms with Crippen molar-refractivity contribution in [1.29, 1.82) is 0 Å². The molecule has 2 unspecified atom stereocenters. The van der Waals surface area contributed by atoms with Crippen LogP contribution in [0.15, 0.2) is 0 Å². The third kappa shape index (κ3) is 24.7. The summed E-state index contributed by atoms with van der Waals surface area (Å²) in [5.74, 6) is 1.81. The highest BCUT2D eigenvalue weighted by Gasteiger charge is 2.30. The van der Waals surface area contributed by atoms with Crippen LogP contribution in [0.1, 0.15) is 234 Å². The van der Waals surface area contributed by atoms with Crippen molar-refractivity contribution in [1.82, 2.24) is 4.90 Å². The molecule has 2 atom stereocenters. The van der Waals surface area contributed by atoms with Crippen LogP contribution in [0.3, 0.4) is 0 Å². The highest BCUT2D eigenvalue weighted by molar-refractivity contribution is 5.72. The maximum atomic E-state index is 13.2. The molecule has 0 aliphatic heterocycles. The number of hydrogen-bond acceptors (Lipinski definition) is 6. The Morgan fingerprint density at radius 3 is 1.36 bits per heavy atom. The number of carbonyl (C=O) groups is 2. The minimum Gasteiger partial charge on any atom is -0.465 e. The topological polar surface area (TPSA) is 76.1 Å². The van der Waals surface area contributed by atoms with Crippen LogP contribution in [-0.4, -0.2) is 61.4 Å². The summed E-state index contributed by atoms with van der Waals surface area (Å²) in [6.07, 6.45) is 35.2. The van der Waals surface area contributed by atoms with Gasteiger partial charge in [-0.15, -0.1) is 0 Å². The summed E-state index contributed by atoms with van der Waals surface area (Å²) in [5, 5.41) is 9.51. The van der Waals surface area contributed by atoms with Gasteiger partial charge in [-0.25, -0.2) is 0 Å². The highest BCUT2D eigenvalue weighted by Crippen LogP contribution is 2.36. The first kappa shape index (κ1) is 51.0. The summed E-state index contributed by atoms with van der Waals surface area (Å²) in [7, 11) is 0. The van der Waals surface area contributed by atoms with Crippen molar-refractivity contribution in [3.63, 3.8) is 0 Å². The monoisotopic (exact) mass is 790 g/mol. The lowest BCUT2D eigenvalue weighted by molar-refractivity contribution is -0.150. The number of hydrogen-bond donors (Lipinski definition) is 1. The van der Waals surface area contributed by atoms with Crippen LogP contribution in [0, 0.1) is 34.5 Å². The lowest BCUT2D eigenvalue weighted by Crippen LogP contribution is -2.41. The van der Waals surface area contributed by atoms with Crippen molar-refractivity contribution >= 4 is 11.9 Å². The van der Waals surface area contributed by atoms with Crippen LogP contribution >= 0.6 is 0 Å². The third-order valence-electron chi connectivity index (χ3n) is 13.3. The Morgan fingerprint density at radius 2 is 0.982 bits per heavy atom. The number of esters is 2. The van der Waals surface area contributed by atoms with Gasteiger partial charge in [-0.2, -0.15) is 0 Å². The van der Waals surface area contributed by atoms with Crippen molar-refractivity contribution in [3.8, 4) is 0 Å². The van der Waals surface area contributed by atoms with Crippen LogP contribution in [0.2, 0.25) is 0 Å². The molecule has 2 aliphatic carbocycles. The van der Waals surface area contributed by atoms with Gasteiger partial charge in [0.05, 0.1) is 25.0 Å². The summed E-state index contributed by atoms with van der Waals surface area (Å²) < 4.78 is 11.9. The van der Waals surface area contributed by atoms with E-state index in [0.29, 0.717) is 13.2 Å². The minimum atomic E-state index is 0.0665. The van der Waals surface area contributed by atoms with Crippen LogP contribution < -0.4 is 0 Å². The molecule has 0 radical (unpaired) electrons. The predicted octanol–water partition coefficient (Wildman–Crippen LogP) is 13.7. The fourth-order valence-electron chi connectivity index (χ4n) is 9.29. The van der Waals surface area contributed by atoms with Crippen molar-refractivity contribution in [2.75, 3.05) is 39.5 Å². The van der Waals surface area contributed by atoms with Gasteiger partial charge in [-0.1, -0.05) is 157 Å². The van der Waals surface area contributed by atoms with E-state index >= 15 is 0 Å². The molecular formula is C50H95NO5. The van der Waals surface area contributed by atoms with E-state index in [9.17, 15) is 14.7 Å². The molecule has 0 aromatic rings. The predicted molar refractivity (Wildman–Crippen MR) is 237 cm³/mol. The Labute approximate surface area is 348 Å². The second-order valence-corrected chi connectivity index (χ2v) is 20.3. The van der Waals surface area contributed by atoms with E-state index in [2.05, 4.69) is 46.4 Å². The molecule has 6 nitrogen and oxygen atoms in total. The van der Waals surface area contributed by atoms with Gasteiger partial charge in [0.1, 0.15) is 0 Å². The first-order chi connectivity index (χ1) is 27.0. The van der Waals surface area contributed by atoms with Crippen molar-refractivity contribution in [2.45, 2.75) is 234 Å². The summed E-state index contributed by atoms with van der Waals surface area (Å²) in [6, 6.07) is 0. The molecule has 0 aromatic carbocycles. The lowest BCUT2D eigenvalue weighted by Gasteiger charge is -2.38. The first-order valence-electron chi connectivity index (χ1n) is 24.6. The number of aliphatic hydroxyl groups excluding tert-OH is 1.